The number of carbonyl (C=O) groups is 2. The third kappa shape index (κ3) is 8.03. The smallest absolute Gasteiger partial charge is 0.338 e. The highest BCUT2D eigenvalue weighted by molar-refractivity contribution is 5.89. The minimum absolute atomic E-state index is 0. The van der Waals surface area contributed by atoms with Crippen molar-refractivity contribution in [3.05, 3.63) is 52.1 Å². The number of nitrogens with two attached hydrogens (primary N) is 2. The number of nitrogens with zero attached hydrogens (tertiary/aromatic N) is 5. The van der Waals surface area contributed by atoms with E-state index in [1.807, 2.05) is 12.1 Å². The number of halogens is 1. The van der Waals surface area contributed by atoms with Gasteiger partial charge in [0.25, 0.3) is 0 Å². The van der Waals surface area contributed by atoms with Gasteiger partial charge in [0.15, 0.2) is 0 Å². The molecule has 1 aromatic heterocycles. The second-order valence-corrected chi connectivity index (χ2v) is 11.3. The molecule has 2 aliphatic heterocycles. The molecular weight excluding hydrogens is 532 g/mol. The van der Waals surface area contributed by atoms with Crippen molar-refractivity contribution in [1.29, 1.82) is 0 Å². The zero-order chi connectivity index (χ0) is 28.2. The second kappa shape index (κ2) is 13.6. The monoisotopic (exact) mass is 574 g/mol. The summed E-state index contributed by atoms with van der Waals surface area (Å²) in [7, 11) is 0. The molecular formula is C28H43ClN8O3. The number of likely N-dealkylation sites (tertiary alicyclic amines) is 1. The van der Waals surface area contributed by atoms with Crippen molar-refractivity contribution in [2.75, 3.05) is 51.1 Å². The predicted molar refractivity (Wildman–Crippen MR) is 159 cm³/mol. The molecule has 0 radical (unpaired) electrons. The molecule has 40 heavy (non-hydrogen) atoms. The lowest BCUT2D eigenvalue weighted by Crippen LogP contribution is -2.58. The minimum atomic E-state index is -0.946. The van der Waals surface area contributed by atoms with E-state index in [2.05, 4.69) is 28.2 Å². The average Bonchev–Trinajstić information content (AvgIpc) is 3.11. The predicted octanol–water partition coefficient (Wildman–Crippen LogP) is 1.73. The summed E-state index contributed by atoms with van der Waals surface area (Å²) >= 11 is 0. The fourth-order valence-corrected chi connectivity index (χ4v) is 5.17. The zero-order valence-electron chi connectivity index (χ0n) is 23.8. The maximum Gasteiger partial charge on any atom is 0.354 e. The molecule has 2 aromatic rings. The average molecular weight is 575 g/mol. The number of urea groups is 1. The number of hydrogen-bond acceptors (Lipinski definition) is 7. The maximum atomic E-state index is 12.8. The van der Waals surface area contributed by atoms with Crippen LogP contribution in [0, 0.1) is 6.92 Å². The van der Waals surface area contributed by atoms with E-state index in [9.17, 15) is 14.4 Å². The van der Waals surface area contributed by atoms with Crippen molar-refractivity contribution in [2.45, 2.75) is 58.0 Å². The van der Waals surface area contributed by atoms with Crippen LogP contribution in [0.2, 0.25) is 0 Å². The molecule has 0 aliphatic carbocycles. The number of aryl methyl sites for hydroxylation is 1. The van der Waals surface area contributed by atoms with Gasteiger partial charge in [-0.25, -0.2) is 9.59 Å². The summed E-state index contributed by atoms with van der Waals surface area (Å²) in [6.07, 6.45) is 5.87. The topological polar surface area (TPSA) is 143 Å². The summed E-state index contributed by atoms with van der Waals surface area (Å²) in [5, 5.41) is 2.70. The van der Waals surface area contributed by atoms with Crippen LogP contribution in [0.4, 0.5) is 10.6 Å². The number of rotatable bonds is 6. The van der Waals surface area contributed by atoms with Crippen LogP contribution in [0.5, 0.6) is 0 Å². The summed E-state index contributed by atoms with van der Waals surface area (Å²) in [6.45, 7) is 10.1. The Balaban J connectivity index is 0.00000441. The Hall–Kier alpha value is -2.99. The third-order valence-electron chi connectivity index (χ3n) is 7.61. The van der Waals surface area contributed by atoms with Gasteiger partial charge in [-0.05, 0) is 88.9 Å². The van der Waals surface area contributed by atoms with E-state index in [0.717, 1.165) is 56.6 Å². The normalized spacial score (nSPS) is 18.6. The van der Waals surface area contributed by atoms with Gasteiger partial charge in [0, 0.05) is 45.0 Å². The van der Waals surface area contributed by atoms with Crippen molar-refractivity contribution in [2.24, 2.45) is 11.5 Å². The summed E-state index contributed by atoms with van der Waals surface area (Å²) < 4.78 is 1.47. The number of hydrogen-bond donors (Lipinski definition) is 3. The van der Waals surface area contributed by atoms with Crippen LogP contribution in [0.3, 0.4) is 0 Å². The molecule has 3 heterocycles. The molecule has 0 spiro atoms. The summed E-state index contributed by atoms with van der Waals surface area (Å²) in [5.74, 6) is 0.0482. The fourth-order valence-electron chi connectivity index (χ4n) is 5.17. The summed E-state index contributed by atoms with van der Waals surface area (Å²) in [4.78, 5) is 47.7. The van der Waals surface area contributed by atoms with Crippen molar-refractivity contribution in [1.82, 2.24) is 24.3 Å². The Kier molecular flexibility index (Phi) is 10.7. The van der Waals surface area contributed by atoms with E-state index < -0.39 is 11.2 Å². The first-order chi connectivity index (χ1) is 18.5. The van der Waals surface area contributed by atoms with E-state index in [1.165, 1.54) is 10.1 Å². The molecule has 11 nitrogen and oxygen atoms in total. The standard InChI is InChI=1S/C28H42N8O3.ClH/c1-20-19-23(7-6-21(20)8-12-33-11-4-5-22(29)9-13-33)36-14-10-24(32-27(36)39)31-26(38)35-17-15-34(16-18-35)25(37)28(2,3)30;/h6-7,10,14,19,22H,4-5,8-9,11-13,15-18,29-30H2,1-3H3,(H,31,32,38,39);1H. The Bertz CT molecular complexity index is 1240. The first kappa shape index (κ1) is 31.5. The van der Waals surface area contributed by atoms with Crippen LogP contribution >= 0.6 is 12.4 Å². The van der Waals surface area contributed by atoms with Crippen LogP contribution in [0.25, 0.3) is 5.69 Å². The highest BCUT2D eigenvalue weighted by Crippen LogP contribution is 2.17. The molecule has 0 saturated carbocycles. The van der Waals surface area contributed by atoms with Gasteiger partial charge in [-0.2, -0.15) is 4.98 Å². The van der Waals surface area contributed by atoms with Crippen molar-refractivity contribution in [3.8, 4) is 5.69 Å². The number of benzene rings is 1. The third-order valence-corrected chi connectivity index (χ3v) is 7.61. The van der Waals surface area contributed by atoms with Crippen LogP contribution in [-0.2, 0) is 11.2 Å². The maximum absolute atomic E-state index is 12.8. The number of piperazine rings is 1. The quantitative estimate of drug-likeness (QED) is 0.477. The van der Waals surface area contributed by atoms with Crippen LogP contribution in [0.15, 0.2) is 35.3 Å². The van der Waals surface area contributed by atoms with Crippen molar-refractivity contribution >= 4 is 30.2 Å². The molecule has 1 atom stereocenters. The molecule has 2 aliphatic rings. The van der Waals surface area contributed by atoms with Crippen LogP contribution < -0.4 is 22.5 Å². The molecule has 2 saturated heterocycles. The zero-order valence-corrected chi connectivity index (χ0v) is 24.6. The van der Waals surface area contributed by atoms with Crippen molar-refractivity contribution in [3.63, 3.8) is 0 Å². The van der Waals surface area contributed by atoms with Crippen molar-refractivity contribution < 1.29 is 9.59 Å². The number of carbonyl (C=O) groups excluding carboxylic acids is 2. The lowest BCUT2D eigenvalue weighted by molar-refractivity contribution is -0.137. The van der Waals surface area contributed by atoms with Gasteiger partial charge in [-0.15, -0.1) is 12.4 Å². The van der Waals surface area contributed by atoms with Gasteiger partial charge in [-0.3, -0.25) is 14.7 Å². The number of anilines is 1. The Morgan fingerprint density at radius 2 is 1.75 bits per heavy atom. The minimum Gasteiger partial charge on any atom is -0.338 e. The Labute approximate surface area is 242 Å². The molecule has 1 aromatic carbocycles. The molecule has 5 N–H and O–H groups in total. The molecule has 3 amide bonds. The van der Waals surface area contributed by atoms with Gasteiger partial charge in [-0.1, -0.05) is 6.07 Å². The van der Waals surface area contributed by atoms with Gasteiger partial charge < -0.3 is 26.2 Å². The first-order valence-corrected chi connectivity index (χ1v) is 13.8. The molecule has 220 valence electrons. The SMILES string of the molecule is Cc1cc(-n2ccc(NC(=O)N3CCN(C(=O)C(C)(C)N)CC3)nc2=O)ccc1CCN1CCCC(N)CC1.Cl. The van der Waals surface area contributed by atoms with E-state index in [0.29, 0.717) is 32.2 Å². The Morgan fingerprint density at radius 1 is 1.05 bits per heavy atom. The molecule has 2 fully saturated rings. The molecule has 1 unspecified atom stereocenters. The van der Waals surface area contributed by atoms with Gasteiger partial charge in [0.1, 0.15) is 5.82 Å². The summed E-state index contributed by atoms with van der Waals surface area (Å²) in [5.41, 5.74) is 13.7. The van der Waals surface area contributed by atoms with Gasteiger partial charge in [0.2, 0.25) is 5.91 Å². The van der Waals surface area contributed by atoms with E-state index in [4.69, 9.17) is 11.5 Å². The summed E-state index contributed by atoms with van der Waals surface area (Å²) in [6, 6.07) is 7.59. The van der Waals surface area contributed by atoms with E-state index >= 15 is 0 Å². The van der Waals surface area contributed by atoms with Gasteiger partial charge in [0.05, 0.1) is 11.2 Å². The van der Waals surface area contributed by atoms with E-state index in [1.54, 1.807) is 35.9 Å². The molecule has 4 rings (SSSR count). The fraction of sp³-hybridized carbons (Fsp3) is 0.571. The van der Waals surface area contributed by atoms with E-state index in [-0.39, 0.29) is 30.2 Å². The second-order valence-electron chi connectivity index (χ2n) is 11.3. The van der Waals surface area contributed by atoms with Gasteiger partial charge >= 0.3 is 11.7 Å². The highest BCUT2D eigenvalue weighted by Gasteiger charge is 2.31. The lowest BCUT2D eigenvalue weighted by atomic mass is 10.0. The number of amides is 3. The lowest BCUT2D eigenvalue weighted by Gasteiger charge is -2.37. The Morgan fingerprint density at radius 3 is 2.40 bits per heavy atom. The van der Waals surface area contributed by atoms with Crippen LogP contribution in [0.1, 0.15) is 44.2 Å². The molecule has 12 heteroatoms. The van der Waals surface area contributed by atoms with Crippen LogP contribution in [-0.4, -0.2) is 93.6 Å². The first-order valence-electron chi connectivity index (χ1n) is 13.8. The highest BCUT2D eigenvalue weighted by atomic mass is 35.5. The molecule has 0 bridgehead atoms. The number of nitrogens with one attached hydrogen (secondary N) is 1. The number of aromatic nitrogens is 2. The largest absolute Gasteiger partial charge is 0.354 e.